The Kier molecular flexibility index (Phi) is 6.15. The van der Waals surface area contributed by atoms with Crippen LogP contribution in [0.1, 0.15) is 26.7 Å². The van der Waals surface area contributed by atoms with Gasteiger partial charge in [-0.05, 0) is 13.3 Å². The van der Waals surface area contributed by atoms with Gasteiger partial charge in [-0.15, -0.1) is 0 Å². The van der Waals surface area contributed by atoms with Gasteiger partial charge in [-0.3, -0.25) is 0 Å². The van der Waals surface area contributed by atoms with Crippen molar-refractivity contribution in [3.8, 4) is 0 Å². The molecule has 0 saturated carbocycles. The van der Waals surface area contributed by atoms with E-state index >= 15 is 0 Å². The van der Waals surface area contributed by atoms with Gasteiger partial charge in [0.2, 0.25) is 0 Å². The minimum Gasteiger partial charge on any atom is -0.501 e. The SMILES string of the molecule is CCCCOC=C(C)C(=O)OC. The van der Waals surface area contributed by atoms with Crippen molar-refractivity contribution in [2.75, 3.05) is 13.7 Å². The summed E-state index contributed by atoms with van der Waals surface area (Å²) in [6.07, 6.45) is 3.54. The first kappa shape index (κ1) is 11.0. The van der Waals surface area contributed by atoms with Crippen LogP contribution in [-0.2, 0) is 14.3 Å². The summed E-state index contributed by atoms with van der Waals surface area (Å²) in [5, 5.41) is 0. The van der Waals surface area contributed by atoms with E-state index in [4.69, 9.17) is 4.74 Å². The maximum Gasteiger partial charge on any atom is 0.336 e. The lowest BCUT2D eigenvalue weighted by Gasteiger charge is -2.00. The van der Waals surface area contributed by atoms with Crippen LogP contribution in [0, 0.1) is 0 Å². The van der Waals surface area contributed by atoms with Crippen LogP contribution in [0.15, 0.2) is 11.8 Å². The number of carbonyl (C=O) groups excluding carboxylic acids is 1. The Labute approximate surface area is 73.4 Å². The minimum absolute atomic E-state index is 0.341. The number of hydrogen-bond donors (Lipinski definition) is 0. The van der Waals surface area contributed by atoms with Crippen molar-refractivity contribution in [2.24, 2.45) is 0 Å². The highest BCUT2D eigenvalue weighted by Crippen LogP contribution is 1.97. The molecule has 0 saturated heterocycles. The highest BCUT2D eigenvalue weighted by molar-refractivity contribution is 5.87. The van der Waals surface area contributed by atoms with Crippen molar-refractivity contribution < 1.29 is 14.3 Å². The highest BCUT2D eigenvalue weighted by Gasteiger charge is 2.01. The molecule has 0 unspecified atom stereocenters. The first-order valence-corrected chi connectivity index (χ1v) is 4.09. The molecule has 0 atom stereocenters. The fourth-order valence-electron chi connectivity index (χ4n) is 0.621. The van der Waals surface area contributed by atoms with E-state index < -0.39 is 0 Å². The molecule has 0 spiro atoms. The molecule has 0 heterocycles. The van der Waals surface area contributed by atoms with Gasteiger partial charge >= 0.3 is 5.97 Å². The zero-order valence-electron chi connectivity index (χ0n) is 7.92. The predicted molar refractivity (Wildman–Crippen MR) is 46.6 cm³/mol. The zero-order chi connectivity index (χ0) is 9.40. The van der Waals surface area contributed by atoms with E-state index in [1.165, 1.54) is 13.4 Å². The summed E-state index contributed by atoms with van der Waals surface area (Å²) in [4.78, 5) is 10.8. The Morgan fingerprint density at radius 1 is 1.50 bits per heavy atom. The third-order valence-corrected chi connectivity index (χ3v) is 1.38. The number of unbranched alkanes of at least 4 members (excludes halogenated alkanes) is 1. The Morgan fingerprint density at radius 2 is 2.17 bits per heavy atom. The summed E-state index contributed by atoms with van der Waals surface area (Å²) >= 11 is 0. The first-order valence-electron chi connectivity index (χ1n) is 4.09. The fourth-order valence-corrected chi connectivity index (χ4v) is 0.621. The van der Waals surface area contributed by atoms with Crippen LogP contribution in [0.2, 0.25) is 0 Å². The van der Waals surface area contributed by atoms with Crippen molar-refractivity contribution in [3.63, 3.8) is 0 Å². The largest absolute Gasteiger partial charge is 0.501 e. The van der Waals surface area contributed by atoms with E-state index in [0.29, 0.717) is 12.2 Å². The van der Waals surface area contributed by atoms with Crippen LogP contribution < -0.4 is 0 Å². The third kappa shape index (κ3) is 4.77. The van der Waals surface area contributed by atoms with Crippen LogP contribution in [0.4, 0.5) is 0 Å². The Bertz CT molecular complexity index is 161. The van der Waals surface area contributed by atoms with Crippen molar-refractivity contribution in [3.05, 3.63) is 11.8 Å². The molecule has 0 amide bonds. The van der Waals surface area contributed by atoms with Crippen LogP contribution >= 0.6 is 0 Å². The molecule has 0 aliphatic rings. The molecule has 0 aliphatic carbocycles. The molecule has 0 N–H and O–H groups in total. The molecule has 0 aromatic rings. The molecule has 0 radical (unpaired) electrons. The summed E-state index contributed by atoms with van der Waals surface area (Å²) in [6, 6.07) is 0. The average molecular weight is 172 g/mol. The standard InChI is InChI=1S/C9H16O3/c1-4-5-6-12-7-8(2)9(10)11-3/h7H,4-6H2,1-3H3. The van der Waals surface area contributed by atoms with Gasteiger partial charge in [0.25, 0.3) is 0 Å². The molecule has 12 heavy (non-hydrogen) atoms. The van der Waals surface area contributed by atoms with Crippen molar-refractivity contribution in [1.82, 2.24) is 0 Å². The third-order valence-electron chi connectivity index (χ3n) is 1.38. The molecular weight excluding hydrogens is 156 g/mol. The molecule has 3 heteroatoms. The highest BCUT2D eigenvalue weighted by atomic mass is 16.5. The summed E-state index contributed by atoms with van der Waals surface area (Å²) < 4.78 is 9.58. The number of hydrogen-bond acceptors (Lipinski definition) is 3. The van der Waals surface area contributed by atoms with E-state index in [1.54, 1.807) is 6.92 Å². The maximum atomic E-state index is 10.8. The number of esters is 1. The number of methoxy groups -OCH3 is 1. The number of rotatable bonds is 5. The van der Waals surface area contributed by atoms with Gasteiger partial charge in [0.15, 0.2) is 0 Å². The van der Waals surface area contributed by atoms with Gasteiger partial charge in [-0.2, -0.15) is 0 Å². The smallest absolute Gasteiger partial charge is 0.336 e. The molecule has 0 rings (SSSR count). The molecule has 0 aromatic heterocycles. The number of ether oxygens (including phenoxy) is 2. The maximum absolute atomic E-state index is 10.8. The zero-order valence-corrected chi connectivity index (χ0v) is 7.92. The molecule has 0 aromatic carbocycles. The molecular formula is C9H16O3. The van der Waals surface area contributed by atoms with Gasteiger partial charge in [0.1, 0.15) is 0 Å². The van der Waals surface area contributed by atoms with Gasteiger partial charge in [0.05, 0.1) is 25.6 Å². The lowest BCUT2D eigenvalue weighted by Crippen LogP contribution is -2.02. The molecule has 0 aliphatic heterocycles. The summed E-state index contributed by atoms with van der Waals surface area (Å²) in [5.41, 5.74) is 0.494. The van der Waals surface area contributed by atoms with Gasteiger partial charge in [-0.1, -0.05) is 13.3 Å². The normalized spacial score (nSPS) is 11.1. The lowest BCUT2D eigenvalue weighted by molar-refractivity contribution is -0.136. The lowest BCUT2D eigenvalue weighted by atomic mass is 10.3. The molecule has 0 fully saturated rings. The number of carbonyl (C=O) groups is 1. The monoisotopic (exact) mass is 172 g/mol. The summed E-state index contributed by atoms with van der Waals surface area (Å²) in [5.74, 6) is -0.341. The Morgan fingerprint density at radius 3 is 2.67 bits per heavy atom. The summed E-state index contributed by atoms with van der Waals surface area (Å²) in [7, 11) is 1.35. The second kappa shape index (κ2) is 6.70. The molecule has 0 bridgehead atoms. The predicted octanol–water partition coefficient (Wildman–Crippen LogP) is 1.88. The molecule has 70 valence electrons. The van der Waals surface area contributed by atoms with Crippen LogP contribution in [0.5, 0.6) is 0 Å². The van der Waals surface area contributed by atoms with E-state index in [9.17, 15) is 4.79 Å². The van der Waals surface area contributed by atoms with E-state index in [-0.39, 0.29) is 5.97 Å². The van der Waals surface area contributed by atoms with Gasteiger partial charge in [0, 0.05) is 0 Å². The van der Waals surface area contributed by atoms with Crippen LogP contribution in [0.3, 0.4) is 0 Å². The fraction of sp³-hybridized carbons (Fsp3) is 0.667. The van der Waals surface area contributed by atoms with Gasteiger partial charge in [-0.25, -0.2) is 4.79 Å². The topological polar surface area (TPSA) is 35.5 Å². The second-order valence-corrected chi connectivity index (χ2v) is 2.52. The van der Waals surface area contributed by atoms with Crippen molar-refractivity contribution in [1.29, 1.82) is 0 Å². The summed E-state index contributed by atoms with van der Waals surface area (Å²) in [6.45, 7) is 4.41. The van der Waals surface area contributed by atoms with E-state index in [2.05, 4.69) is 11.7 Å². The van der Waals surface area contributed by atoms with Crippen LogP contribution in [0.25, 0.3) is 0 Å². The van der Waals surface area contributed by atoms with Crippen molar-refractivity contribution in [2.45, 2.75) is 26.7 Å². The second-order valence-electron chi connectivity index (χ2n) is 2.52. The van der Waals surface area contributed by atoms with Crippen molar-refractivity contribution >= 4 is 5.97 Å². The Hall–Kier alpha value is -0.990. The molecule has 3 nitrogen and oxygen atoms in total. The first-order chi connectivity index (χ1) is 5.72. The van der Waals surface area contributed by atoms with E-state index in [1.807, 2.05) is 0 Å². The average Bonchev–Trinajstić information content (AvgIpc) is 2.10. The van der Waals surface area contributed by atoms with Gasteiger partial charge < -0.3 is 9.47 Å². The van der Waals surface area contributed by atoms with E-state index in [0.717, 1.165) is 12.8 Å². The minimum atomic E-state index is -0.341. The van der Waals surface area contributed by atoms with Crippen LogP contribution in [-0.4, -0.2) is 19.7 Å². The quantitative estimate of drug-likeness (QED) is 0.275. The Balaban J connectivity index is 3.61.